The number of anilines is 3. The van der Waals surface area contributed by atoms with Crippen LogP contribution in [-0.2, 0) is 0 Å². The molecule has 2 atom stereocenters. The third-order valence-corrected chi connectivity index (χ3v) is 10.8. The lowest BCUT2D eigenvalue weighted by Gasteiger charge is -2.27. The number of nitrogens with zero attached hydrogens (tertiary/aromatic N) is 2. The molecule has 53 heavy (non-hydrogen) atoms. The molecule has 0 bridgehead atoms. The first kappa shape index (κ1) is 30.9. The van der Waals surface area contributed by atoms with E-state index in [1.54, 1.807) is 0 Å². The van der Waals surface area contributed by atoms with Gasteiger partial charge in [0.25, 0.3) is 0 Å². The molecule has 3 heteroatoms. The van der Waals surface area contributed by atoms with Crippen molar-refractivity contribution in [2.45, 2.75) is 12.0 Å². The number of ether oxygens (including phenoxy) is 1. The van der Waals surface area contributed by atoms with Crippen LogP contribution in [0.2, 0.25) is 0 Å². The maximum atomic E-state index is 6.83. The minimum atomic E-state index is -0.207. The van der Waals surface area contributed by atoms with Crippen molar-refractivity contribution in [3.63, 3.8) is 0 Å². The highest BCUT2D eigenvalue weighted by atomic mass is 16.5. The lowest BCUT2D eigenvalue weighted by molar-refractivity contribution is 0.286. The molecule has 1 aromatic heterocycles. The van der Waals surface area contributed by atoms with E-state index in [4.69, 9.17) is 11.3 Å². The zero-order valence-electron chi connectivity index (χ0n) is 29.2. The van der Waals surface area contributed by atoms with Crippen LogP contribution in [0.3, 0.4) is 0 Å². The quantitative estimate of drug-likeness (QED) is 0.123. The van der Waals surface area contributed by atoms with Crippen LogP contribution in [0.15, 0.2) is 195 Å². The zero-order chi connectivity index (χ0) is 35.5. The number of allylic oxidation sites excluding steroid dienone is 4. The van der Waals surface area contributed by atoms with Crippen molar-refractivity contribution in [1.29, 1.82) is 0 Å². The van der Waals surface area contributed by atoms with Gasteiger partial charge in [-0.1, -0.05) is 147 Å². The van der Waals surface area contributed by atoms with Gasteiger partial charge < -0.3 is 14.2 Å². The van der Waals surface area contributed by atoms with Crippen molar-refractivity contribution in [3.05, 3.63) is 211 Å². The van der Waals surface area contributed by atoms with E-state index >= 15 is 0 Å². The van der Waals surface area contributed by atoms with Crippen molar-refractivity contribution in [3.8, 4) is 11.4 Å². The van der Waals surface area contributed by atoms with Crippen LogP contribution in [-0.4, -0.2) is 10.7 Å². The minimum absolute atomic E-state index is 0.0175. The maximum Gasteiger partial charge on any atom is 0.130 e. The number of rotatable bonds is 7. The molecule has 0 saturated carbocycles. The molecule has 0 amide bonds. The SMILES string of the molecule is C=C/C=C\C(=C)C1=c2c(n(-c3cc4ccccc4c4ccccc34)c3c(N(c4ccccc4)c4ccccc4)cccc23)=CC2Oc3ccccc3C12. The Morgan fingerprint density at radius 2 is 1.30 bits per heavy atom. The summed E-state index contributed by atoms with van der Waals surface area (Å²) in [5, 5.41) is 8.28. The normalized spacial score (nSPS) is 15.9. The predicted molar refractivity (Wildman–Crippen MR) is 222 cm³/mol. The van der Waals surface area contributed by atoms with Gasteiger partial charge in [0.15, 0.2) is 0 Å². The van der Waals surface area contributed by atoms with Gasteiger partial charge in [0, 0.05) is 32.9 Å². The summed E-state index contributed by atoms with van der Waals surface area (Å²) in [6, 6.07) is 56.4. The molecule has 8 aromatic rings. The third-order valence-electron chi connectivity index (χ3n) is 10.8. The van der Waals surface area contributed by atoms with Crippen molar-refractivity contribution < 1.29 is 4.74 Å². The van der Waals surface area contributed by atoms with Crippen LogP contribution in [0.4, 0.5) is 17.1 Å². The first-order valence-electron chi connectivity index (χ1n) is 18.2. The summed E-state index contributed by atoms with van der Waals surface area (Å²) in [5.41, 5.74) is 8.80. The Balaban J connectivity index is 1.43. The van der Waals surface area contributed by atoms with Crippen LogP contribution in [0.1, 0.15) is 11.5 Å². The second kappa shape index (κ2) is 12.4. The molecule has 0 saturated heterocycles. The largest absolute Gasteiger partial charge is 0.485 e. The van der Waals surface area contributed by atoms with Crippen molar-refractivity contribution in [2.24, 2.45) is 0 Å². The van der Waals surface area contributed by atoms with Gasteiger partial charge in [-0.25, -0.2) is 0 Å². The Morgan fingerprint density at radius 1 is 0.660 bits per heavy atom. The molecule has 0 N–H and O–H groups in total. The number of hydrogen-bond donors (Lipinski definition) is 0. The number of hydrogen-bond acceptors (Lipinski definition) is 2. The molecule has 2 unspecified atom stereocenters. The Kier molecular flexibility index (Phi) is 7.26. The molecular formula is C50H36N2O. The Morgan fingerprint density at radius 3 is 2.06 bits per heavy atom. The summed E-state index contributed by atoms with van der Waals surface area (Å²) in [6.07, 6.45) is 8.04. The zero-order valence-corrected chi connectivity index (χ0v) is 29.2. The van der Waals surface area contributed by atoms with Crippen molar-refractivity contribution in [2.75, 3.05) is 4.90 Å². The molecule has 0 spiro atoms. The lowest BCUT2D eigenvalue weighted by Crippen LogP contribution is -2.40. The van der Waals surface area contributed by atoms with E-state index in [9.17, 15) is 0 Å². The van der Waals surface area contributed by atoms with Crippen LogP contribution in [0, 0.1) is 0 Å². The topological polar surface area (TPSA) is 17.4 Å². The fourth-order valence-electron chi connectivity index (χ4n) is 8.64. The van der Waals surface area contributed by atoms with Gasteiger partial charge in [0.1, 0.15) is 11.9 Å². The molecule has 0 fully saturated rings. The molecule has 1 aliphatic heterocycles. The van der Waals surface area contributed by atoms with Crippen LogP contribution >= 0.6 is 0 Å². The monoisotopic (exact) mass is 680 g/mol. The second-order valence-corrected chi connectivity index (χ2v) is 13.7. The first-order chi connectivity index (χ1) is 26.2. The first-order valence-corrected chi connectivity index (χ1v) is 18.2. The highest BCUT2D eigenvalue weighted by molar-refractivity contribution is 6.12. The molecular weight excluding hydrogens is 645 g/mol. The average molecular weight is 681 g/mol. The Hall–Kier alpha value is -6.84. The van der Waals surface area contributed by atoms with Gasteiger partial charge in [-0.2, -0.15) is 0 Å². The van der Waals surface area contributed by atoms with Gasteiger partial charge in [-0.15, -0.1) is 0 Å². The average Bonchev–Trinajstić information content (AvgIpc) is 3.75. The smallest absolute Gasteiger partial charge is 0.130 e. The van der Waals surface area contributed by atoms with Crippen molar-refractivity contribution >= 4 is 61.2 Å². The van der Waals surface area contributed by atoms with Gasteiger partial charge in [-0.3, -0.25) is 0 Å². The van der Waals surface area contributed by atoms with E-state index in [2.05, 4.69) is 186 Å². The number of fused-ring (bicyclic) bond motifs is 9. The summed E-state index contributed by atoms with van der Waals surface area (Å²) in [7, 11) is 0. The standard InChI is InChI=1S/C50H36N2O/c1-3-4-18-33(2)47-48-41-28-17-29-42(51(35-20-7-5-8-21-35)36-22-9-6-10-23-36)50(41)52(44(48)32-46-49(47)40-27-15-16-30-45(40)53-46)43-31-34-19-11-12-24-37(34)38-25-13-14-26-39(38)43/h3-32,46,49H,1-2H2/b18-4-. The fraction of sp³-hybridized carbons (Fsp3) is 0.0400. The molecule has 10 rings (SSSR count). The molecule has 0 radical (unpaired) electrons. The van der Waals surface area contributed by atoms with E-state index in [1.165, 1.54) is 37.9 Å². The van der Waals surface area contributed by atoms with E-state index in [0.29, 0.717) is 0 Å². The van der Waals surface area contributed by atoms with Crippen LogP contribution < -0.4 is 20.2 Å². The molecule has 3 nitrogen and oxygen atoms in total. The van der Waals surface area contributed by atoms with Gasteiger partial charge in [-0.05, 0) is 75.8 Å². The van der Waals surface area contributed by atoms with Gasteiger partial charge in [0.05, 0.1) is 28.2 Å². The van der Waals surface area contributed by atoms with Crippen molar-refractivity contribution in [1.82, 2.24) is 4.57 Å². The second-order valence-electron chi connectivity index (χ2n) is 13.7. The molecule has 2 heterocycles. The summed E-state index contributed by atoms with van der Waals surface area (Å²) in [6.45, 7) is 8.70. The predicted octanol–water partition coefficient (Wildman–Crippen LogP) is 11.2. The number of para-hydroxylation sites is 4. The molecule has 2 aliphatic rings. The number of aromatic nitrogens is 1. The Bertz CT molecular complexity index is 2880. The van der Waals surface area contributed by atoms with E-state index in [-0.39, 0.29) is 12.0 Å². The van der Waals surface area contributed by atoms with E-state index in [1.807, 2.05) is 12.2 Å². The van der Waals surface area contributed by atoms with Gasteiger partial charge >= 0.3 is 0 Å². The highest BCUT2D eigenvalue weighted by Gasteiger charge is 2.40. The molecule has 7 aromatic carbocycles. The summed E-state index contributed by atoms with van der Waals surface area (Å²) >= 11 is 0. The third kappa shape index (κ3) is 4.82. The lowest BCUT2D eigenvalue weighted by atomic mass is 9.80. The summed E-state index contributed by atoms with van der Waals surface area (Å²) in [4.78, 5) is 2.38. The van der Waals surface area contributed by atoms with E-state index in [0.717, 1.165) is 50.3 Å². The molecule has 252 valence electrons. The van der Waals surface area contributed by atoms with Crippen LogP contribution in [0.5, 0.6) is 5.75 Å². The fourth-order valence-corrected chi connectivity index (χ4v) is 8.64. The maximum absolute atomic E-state index is 6.83. The van der Waals surface area contributed by atoms with E-state index < -0.39 is 0 Å². The number of benzene rings is 7. The molecule has 1 aliphatic carbocycles. The minimum Gasteiger partial charge on any atom is -0.485 e. The van der Waals surface area contributed by atoms with Gasteiger partial charge in [0.2, 0.25) is 0 Å². The summed E-state index contributed by atoms with van der Waals surface area (Å²) < 4.78 is 9.33. The Labute approximate surface area is 308 Å². The van der Waals surface area contributed by atoms with Crippen LogP contribution in [0.25, 0.3) is 49.8 Å². The summed E-state index contributed by atoms with van der Waals surface area (Å²) in [5.74, 6) is 0.907. The highest BCUT2D eigenvalue weighted by Crippen LogP contribution is 2.47.